The van der Waals surface area contributed by atoms with Crippen LogP contribution in [0.4, 0.5) is 13.2 Å². The topological polar surface area (TPSA) is 32.3 Å². The number of aliphatic hydroxyl groups is 1. The lowest BCUT2D eigenvalue weighted by atomic mass is 9.98. The van der Waals surface area contributed by atoms with Gasteiger partial charge in [0.25, 0.3) is 0 Å². The van der Waals surface area contributed by atoms with Crippen molar-refractivity contribution in [3.8, 4) is 0 Å². The van der Waals surface area contributed by atoms with E-state index in [-0.39, 0.29) is 28.5 Å². The zero-order valence-electron chi connectivity index (χ0n) is 12.3. The number of rotatable bonds is 3. The van der Waals surface area contributed by atoms with Crippen molar-refractivity contribution < 1.29 is 18.3 Å². The maximum absolute atomic E-state index is 12.8. The molecule has 0 spiro atoms. The molecule has 1 aromatic carbocycles. The minimum Gasteiger partial charge on any atom is -0.387 e. The number of aliphatic hydroxyl groups excluding tert-OH is 1. The molecule has 21 heavy (non-hydrogen) atoms. The summed E-state index contributed by atoms with van der Waals surface area (Å²) in [5, 5.41) is 12.9. The van der Waals surface area contributed by atoms with Crippen LogP contribution in [0, 0.1) is 0 Å². The first-order chi connectivity index (χ1) is 8.92. The molecule has 2 atom stereocenters. The Morgan fingerprint density at radius 2 is 1.71 bits per heavy atom. The van der Waals surface area contributed by atoms with Crippen molar-refractivity contribution in [1.82, 2.24) is 5.32 Å². The molecule has 122 valence electrons. The molecule has 2 nitrogen and oxygen atoms in total. The minimum atomic E-state index is -4.53. The van der Waals surface area contributed by atoms with Crippen molar-refractivity contribution in [1.29, 1.82) is 0 Å². The van der Waals surface area contributed by atoms with Crippen LogP contribution in [-0.2, 0) is 6.18 Å². The van der Waals surface area contributed by atoms with E-state index >= 15 is 0 Å². The second-order valence-electron chi connectivity index (χ2n) is 5.86. The van der Waals surface area contributed by atoms with Gasteiger partial charge in [-0.1, -0.05) is 17.7 Å². The van der Waals surface area contributed by atoms with E-state index in [1.165, 1.54) is 6.07 Å². The van der Waals surface area contributed by atoms with Crippen molar-refractivity contribution in [2.45, 2.75) is 51.6 Å². The third-order valence-corrected chi connectivity index (χ3v) is 3.10. The first-order valence-electron chi connectivity index (χ1n) is 6.24. The van der Waals surface area contributed by atoms with Crippen LogP contribution < -0.4 is 5.32 Å². The summed E-state index contributed by atoms with van der Waals surface area (Å²) in [4.78, 5) is 0. The molecule has 0 saturated heterocycles. The molecule has 1 rings (SSSR count). The van der Waals surface area contributed by atoms with E-state index in [1.807, 2.05) is 20.8 Å². The smallest absolute Gasteiger partial charge is 0.387 e. The molecular weight excluding hydrogens is 326 g/mol. The van der Waals surface area contributed by atoms with E-state index in [4.69, 9.17) is 11.6 Å². The van der Waals surface area contributed by atoms with Gasteiger partial charge in [0.05, 0.1) is 16.7 Å². The van der Waals surface area contributed by atoms with E-state index in [0.717, 1.165) is 12.1 Å². The number of benzene rings is 1. The summed E-state index contributed by atoms with van der Waals surface area (Å²) in [6.45, 7) is 7.47. The van der Waals surface area contributed by atoms with Crippen molar-refractivity contribution in [2.75, 3.05) is 0 Å². The van der Waals surface area contributed by atoms with Gasteiger partial charge >= 0.3 is 6.18 Å². The molecule has 1 aromatic rings. The van der Waals surface area contributed by atoms with Crippen LogP contribution in [0.25, 0.3) is 0 Å². The molecule has 2 N–H and O–H groups in total. The molecule has 0 heterocycles. The lowest BCUT2D eigenvalue weighted by Crippen LogP contribution is -2.45. The number of hydrogen-bond donors (Lipinski definition) is 2. The molecule has 0 aliphatic heterocycles. The van der Waals surface area contributed by atoms with Crippen LogP contribution in [0.5, 0.6) is 0 Å². The van der Waals surface area contributed by atoms with Crippen LogP contribution >= 0.6 is 24.0 Å². The Morgan fingerprint density at radius 1 is 1.19 bits per heavy atom. The Hall–Kier alpha value is -0.490. The average molecular weight is 346 g/mol. The Morgan fingerprint density at radius 3 is 2.14 bits per heavy atom. The number of alkyl halides is 3. The van der Waals surface area contributed by atoms with Gasteiger partial charge in [-0.05, 0) is 45.4 Å². The van der Waals surface area contributed by atoms with Gasteiger partial charge in [-0.2, -0.15) is 13.2 Å². The van der Waals surface area contributed by atoms with Gasteiger partial charge in [0.15, 0.2) is 0 Å². The molecular formula is C14H20Cl2F3NO. The quantitative estimate of drug-likeness (QED) is 0.839. The fourth-order valence-corrected chi connectivity index (χ4v) is 2.22. The number of nitrogens with one attached hydrogen (secondary N) is 1. The molecule has 7 heteroatoms. The molecule has 0 saturated carbocycles. The summed E-state index contributed by atoms with van der Waals surface area (Å²) in [7, 11) is 0. The van der Waals surface area contributed by atoms with E-state index in [1.54, 1.807) is 6.92 Å². The van der Waals surface area contributed by atoms with Gasteiger partial charge in [0.2, 0.25) is 0 Å². The van der Waals surface area contributed by atoms with Crippen LogP contribution in [0.3, 0.4) is 0 Å². The summed E-state index contributed by atoms with van der Waals surface area (Å²) >= 11 is 5.55. The molecule has 2 unspecified atom stereocenters. The molecule has 0 aliphatic carbocycles. The fraction of sp³-hybridized carbons (Fsp3) is 0.571. The summed E-state index contributed by atoms with van der Waals surface area (Å²) in [6.07, 6.45) is -5.58. The molecule has 0 aromatic heterocycles. The van der Waals surface area contributed by atoms with Crippen molar-refractivity contribution in [3.05, 3.63) is 34.3 Å². The molecule has 0 radical (unpaired) electrons. The summed E-state index contributed by atoms with van der Waals surface area (Å²) in [5.74, 6) is 0. The van der Waals surface area contributed by atoms with E-state index in [2.05, 4.69) is 5.32 Å². The van der Waals surface area contributed by atoms with E-state index in [0.29, 0.717) is 0 Å². The molecule has 0 aliphatic rings. The van der Waals surface area contributed by atoms with Gasteiger partial charge in [0.1, 0.15) is 0 Å². The SMILES string of the molecule is CC(NC(C)(C)C)C(O)c1ccc(Cl)c(C(F)(F)F)c1.Cl. The van der Waals surface area contributed by atoms with Crippen molar-refractivity contribution >= 4 is 24.0 Å². The highest BCUT2D eigenvalue weighted by atomic mass is 35.5. The third kappa shape index (κ3) is 6.02. The first kappa shape index (κ1) is 20.5. The third-order valence-electron chi connectivity index (χ3n) is 2.77. The van der Waals surface area contributed by atoms with Crippen LogP contribution in [-0.4, -0.2) is 16.7 Å². The fourth-order valence-electron chi connectivity index (χ4n) is 1.99. The second kappa shape index (κ2) is 7.18. The summed E-state index contributed by atoms with van der Waals surface area (Å²) < 4.78 is 38.3. The first-order valence-corrected chi connectivity index (χ1v) is 6.62. The zero-order valence-corrected chi connectivity index (χ0v) is 13.8. The van der Waals surface area contributed by atoms with Gasteiger partial charge in [-0.15, -0.1) is 12.4 Å². The Bertz CT molecular complexity index is 472. The molecule has 0 fully saturated rings. The highest BCUT2D eigenvalue weighted by Gasteiger charge is 2.34. The lowest BCUT2D eigenvalue weighted by Gasteiger charge is -2.29. The van der Waals surface area contributed by atoms with E-state index in [9.17, 15) is 18.3 Å². The second-order valence-corrected chi connectivity index (χ2v) is 6.27. The Labute approximate surface area is 134 Å². The zero-order chi connectivity index (χ0) is 15.7. The predicted molar refractivity (Wildman–Crippen MR) is 81.0 cm³/mol. The Balaban J connectivity index is 0.00000400. The van der Waals surface area contributed by atoms with Gasteiger partial charge < -0.3 is 10.4 Å². The average Bonchev–Trinajstić information content (AvgIpc) is 2.24. The van der Waals surface area contributed by atoms with Gasteiger partial charge in [-0.3, -0.25) is 0 Å². The summed E-state index contributed by atoms with van der Waals surface area (Å²) in [5.41, 5.74) is -0.996. The number of hydrogen-bond acceptors (Lipinski definition) is 2. The van der Waals surface area contributed by atoms with Gasteiger partial charge in [-0.25, -0.2) is 0 Å². The summed E-state index contributed by atoms with van der Waals surface area (Å²) in [6, 6.07) is 3.07. The van der Waals surface area contributed by atoms with Crippen molar-refractivity contribution in [2.24, 2.45) is 0 Å². The minimum absolute atomic E-state index is 0. The molecule has 0 amide bonds. The predicted octanol–water partition coefficient (Wildman–Crippen LogP) is 4.59. The Kier molecular flexibility index (Phi) is 7.01. The van der Waals surface area contributed by atoms with Crippen LogP contribution in [0.2, 0.25) is 5.02 Å². The maximum Gasteiger partial charge on any atom is 0.417 e. The normalized spacial score (nSPS) is 15.3. The highest BCUT2D eigenvalue weighted by Crippen LogP contribution is 2.36. The lowest BCUT2D eigenvalue weighted by molar-refractivity contribution is -0.137. The maximum atomic E-state index is 12.8. The highest BCUT2D eigenvalue weighted by molar-refractivity contribution is 6.31. The standard InChI is InChI=1S/C14H19ClF3NO.ClH/c1-8(19-13(2,3)4)12(20)9-5-6-11(15)10(7-9)14(16,17)18;/h5-8,12,19-20H,1-4H3;1H. The molecule has 0 bridgehead atoms. The van der Waals surface area contributed by atoms with Gasteiger partial charge in [0, 0.05) is 11.6 Å². The number of halogens is 5. The largest absolute Gasteiger partial charge is 0.417 e. The van der Waals surface area contributed by atoms with Crippen LogP contribution in [0.1, 0.15) is 44.9 Å². The van der Waals surface area contributed by atoms with Crippen molar-refractivity contribution in [3.63, 3.8) is 0 Å². The monoisotopic (exact) mass is 345 g/mol. The van der Waals surface area contributed by atoms with Crippen LogP contribution in [0.15, 0.2) is 18.2 Å². The van der Waals surface area contributed by atoms with E-state index < -0.39 is 23.9 Å².